The summed E-state index contributed by atoms with van der Waals surface area (Å²) >= 11 is 0. The minimum Gasteiger partial charge on any atom is -0.290 e. The molecule has 0 aliphatic heterocycles. The number of alkyl halides is 3. The van der Waals surface area contributed by atoms with E-state index in [2.05, 4.69) is 15.1 Å². The normalized spacial score (nSPS) is 12.9. The Labute approximate surface area is 157 Å². The molecular formula is C17H14F3N5O2S. The van der Waals surface area contributed by atoms with E-state index in [0.717, 1.165) is 28.3 Å². The van der Waals surface area contributed by atoms with E-state index in [4.69, 9.17) is 0 Å². The van der Waals surface area contributed by atoms with Crippen LogP contribution in [-0.4, -0.2) is 38.2 Å². The molecule has 7 nitrogen and oxygen atoms in total. The maximum absolute atomic E-state index is 13.0. The molecular weight excluding hydrogens is 395 g/mol. The summed E-state index contributed by atoms with van der Waals surface area (Å²) in [7, 11) is -3.82. The number of sulfone groups is 1. The number of fused-ring (bicyclic) bond motifs is 2. The topological polar surface area (TPSA) is 81.6 Å². The second-order valence-corrected chi connectivity index (χ2v) is 8.45. The van der Waals surface area contributed by atoms with Crippen LogP contribution >= 0.6 is 0 Å². The van der Waals surface area contributed by atoms with E-state index < -0.39 is 21.6 Å². The van der Waals surface area contributed by atoms with Gasteiger partial charge in [-0.1, -0.05) is 13.0 Å². The van der Waals surface area contributed by atoms with Crippen molar-refractivity contribution in [1.29, 1.82) is 0 Å². The summed E-state index contributed by atoms with van der Waals surface area (Å²) in [4.78, 5) is 8.42. The Morgan fingerprint density at radius 2 is 1.86 bits per heavy atom. The number of pyridine rings is 2. The fourth-order valence-electron chi connectivity index (χ4n) is 2.86. The molecule has 4 rings (SSSR count). The van der Waals surface area contributed by atoms with E-state index in [9.17, 15) is 21.6 Å². The fraction of sp³-hybridized carbons (Fsp3) is 0.235. The Bertz CT molecular complexity index is 1320. The molecule has 0 saturated heterocycles. The standard InChI is InChI=1S/C17H14F3N5O2S/c1-3-28(26,27)16-14(15-22-12-5-4-10(2)9-25(12)23-15)21-13-8-11(17(18,19)20)6-7-24(13)16/h4-9H,3H2,1-2H3. The van der Waals surface area contributed by atoms with Crippen molar-refractivity contribution in [3.8, 4) is 11.5 Å². The van der Waals surface area contributed by atoms with Crippen LogP contribution < -0.4 is 0 Å². The van der Waals surface area contributed by atoms with Crippen LogP contribution in [0.4, 0.5) is 13.2 Å². The van der Waals surface area contributed by atoms with Gasteiger partial charge in [0.1, 0.15) is 11.3 Å². The average molecular weight is 409 g/mol. The van der Waals surface area contributed by atoms with Gasteiger partial charge >= 0.3 is 6.18 Å². The average Bonchev–Trinajstić information content (AvgIpc) is 3.21. The van der Waals surface area contributed by atoms with Crippen molar-refractivity contribution in [1.82, 2.24) is 24.0 Å². The summed E-state index contributed by atoms with van der Waals surface area (Å²) in [5, 5.41) is 4.03. The van der Waals surface area contributed by atoms with E-state index in [0.29, 0.717) is 5.65 Å². The first-order valence-corrected chi connectivity index (χ1v) is 9.91. The van der Waals surface area contributed by atoms with Gasteiger partial charge in [0.2, 0.25) is 5.82 Å². The molecule has 0 amide bonds. The molecule has 4 aromatic rings. The maximum atomic E-state index is 13.0. The third-order valence-electron chi connectivity index (χ3n) is 4.27. The molecule has 0 spiro atoms. The zero-order valence-corrected chi connectivity index (χ0v) is 15.6. The highest BCUT2D eigenvalue weighted by molar-refractivity contribution is 7.91. The Kier molecular flexibility index (Phi) is 3.96. The Balaban J connectivity index is 2.04. The lowest BCUT2D eigenvalue weighted by atomic mass is 10.2. The lowest BCUT2D eigenvalue weighted by Gasteiger charge is -2.07. The third kappa shape index (κ3) is 2.91. The molecule has 0 bridgehead atoms. The predicted octanol–water partition coefficient (Wildman–Crippen LogP) is 3.16. The highest BCUT2D eigenvalue weighted by atomic mass is 32.2. The molecule has 28 heavy (non-hydrogen) atoms. The van der Waals surface area contributed by atoms with Gasteiger partial charge in [-0.2, -0.15) is 13.2 Å². The first-order chi connectivity index (χ1) is 13.1. The van der Waals surface area contributed by atoms with E-state index in [1.54, 1.807) is 12.3 Å². The molecule has 0 aromatic carbocycles. The van der Waals surface area contributed by atoms with Crippen molar-refractivity contribution >= 4 is 21.1 Å². The smallest absolute Gasteiger partial charge is 0.290 e. The van der Waals surface area contributed by atoms with E-state index in [1.165, 1.54) is 11.4 Å². The second-order valence-electron chi connectivity index (χ2n) is 6.25. The van der Waals surface area contributed by atoms with Crippen LogP contribution in [0.3, 0.4) is 0 Å². The summed E-state index contributed by atoms with van der Waals surface area (Å²) in [6, 6.07) is 5.14. The Hall–Kier alpha value is -2.95. The predicted molar refractivity (Wildman–Crippen MR) is 94.6 cm³/mol. The van der Waals surface area contributed by atoms with Crippen LogP contribution in [0.15, 0.2) is 41.7 Å². The van der Waals surface area contributed by atoms with Gasteiger partial charge in [0, 0.05) is 12.4 Å². The maximum Gasteiger partial charge on any atom is 0.416 e. The largest absolute Gasteiger partial charge is 0.416 e. The Morgan fingerprint density at radius 1 is 1.11 bits per heavy atom. The van der Waals surface area contributed by atoms with Crippen LogP contribution in [0, 0.1) is 6.92 Å². The van der Waals surface area contributed by atoms with E-state index in [-0.39, 0.29) is 27.9 Å². The molecule has 0 radical (unpaired) electrons. The van der Waals surface area contributed by atoms with Crippen molar-refractivity contribution in [2.75, 3.05) is 5.75 Å². The van der Waals surface area contributed by atoms with Crippen molar-refractivity contribution in [2.45, 2.75) is 25.0 Å². The molecule has 0 unspecified atom stereocenters. The van der Waals surface area contributed by atoms with Gasteiger partial charge in [-0.3, -0.25) is 4.40 Å². The molecule has 4 aromatic heterocycles. The first kappa shape index (κ1) is 18.4. The highest BCUT2D eigenvalue weighted by Crippen LogP contribution is 2.33. The summed E-state index contributed by atoms with van der Waals surface area (Å²) in [6.45, 7) is 3.31. The number of aryl methyl sites for hydroxylation is 1. The SMILES string of the molecule is CCS(=O)(=O)c1c(-c2nc3ccc(C)cn3n2)nc2cc(C(F)(F)F)ccn12. The zero-order chi connectivity index (χ0) is 20.3. The number of halogens is 3. The van der Waals surface area contributed by atoms with Gasteiger partial charge in [-0.25, -0.2) is 22.9 Å². The molecule has 0 atom stereocenters. The summed E-state index contributed by atoms with van der Waals surface area (Å²) in [5.41, 5.74) is 0.230. The Morgan fingerprint density at radius 3 is 2.54 bits per heavy atom. The van der Waals surface area contributed by atoms with Crippen LogP contribution in [0.5, 0.6) is 0 Å². The van der Waals surface area contributed by atoms with E-state index >= 15 is 0 Å². The number of hydrogen-bond donors (Lipinski definition) is 0. The van der Waals surface area contributed by atoms with Crippen molar-refractivity contribution in [3.05, 3.63) is 47.8 Å². The van der Waals surface area contributed by atoms with Gasteiger partial charge in [-0.15, -0.1) is 5.10 Å². The summed E-state index contributed by atoms with van der Waals surface area (Å²) in [6.07, 6.45) is -1.81. The van der Waals surface area contributed by atoms with Crippen LogP contribution in [0.25, 0.3) is 22.8 Å². The zero-order valence-electron chi connectivity index (χ0n) is 14.8. The molecule has 0 aliphatic rings. The number of rotatable bonds is 3. The highest BCUT2D eigenvalue weighted by Gasteiger charge is 2.33. The fourth-order valence-corrected chi connectivity index (χ4v) is 4.02. The van der Waals surface area contributed by atoms with Crippen molar-refractivity contribution in [2.24, 2.45) is 0 Å². The molecule has 0 fully saturated rings. The molecule has 0 N–H and O–H groups in total. The van der Waals surface area contributed by atoms with Gasteiger partial charge in [-0.05, 0) is 30.7 Å². The number of aromatic nitrogens is 5. The van der Waals surface area contributed by atoms with Crippen molar-refractivity contribution < 1.29 is 21.6 Å². The molecule has 0 saturated carbocycles. The first-order valence-electron chi connectivity index (χ1n) is 8.25. The third-order valence-corrected chi connectivity index (χ3v) is 6.01. The molecule has 146 valence electrons. The molecule has 11 heteroatoms. The van der Waals surface area contributed by atoms with Crippen LogP contribution in [-0.2, 0) is 16.0 Å². The summed E-state index contributed by atoms with van der Waals surface area (Å²) in [5.74, 6) is -0.226. The monoisotopic (exact) mass is 409 g/mol. The number of nitrogens with zero attached hydrogens (tertiary/aromatic N) is 5. The molecule has 4 heterocycles. The van der Waals surface area contributed by atoms with Gasteiger partial charge < -0.3 is 0 Å². The lowest BCUT2D eigenvalue weighted by molar-refractivity contribution is -0.137. The minimum absolute atomic E-state index is 0.0230. The lowest BCUT2D eigenvalue weighted by Crippen LogP contribution is -2.10. The van der Waals surface area contributed by atoms with E-state index in [1.807, 2.05) is 13.0 Å². The quantitative estimate of drug-likeness (QED) is 0.519. The number of imidazole rings is 1. The van der Waals surface area contributed by atoms with Crippen LogP contribution in [0.2, 0.25) is 0 Å². The van der Waals surface area contributed by atoms with Crippen LogP contribution in [0.1, 0.15) is 18.1 Å². The molecule has 0 aliphatic carbocycles. The summed E-state index contributed by atoms with van der Waals surface area (Å²) < 4.78 is 67.1. The van der Waals surface area contributed by atoms with Crippen molar-refractivity contribution in [3.63, 3.8) is 0 Å². The minimum atomic E-state index is -4.57. The van der Waals surface area contributed by atoms with Gasteiger partial charge in [0.25, 0.3) is 0 Å². The van der Waals surface area contributed by atoms with Gasteiger partial charge in [0.05, 0.1) is 11.3 Å². The van der Waals surface area contributed by atoms with Gasteiger partial charge in [0.15, 0.2) is 20.5 Å². The number of hydrogen-bond acceptors (Lipinski definition) is 5. The second kappa shape index (κ2) is 6.03.